The number of nitrogens with zero attached hydrogens (tertiary/aromatic N) is 4. The fraction of sp³-hybridized carbons (Fsp3) is 0.324. The summed E-state index contributed by atoms with van der Waals surface area (Å²) in [6.45, 7) is 11.6. The van der Waals surface area contributed by atoms with Gasteiger partial charge in [0, 0.05) is 49.7 Å². The number of hydrogen-bond acceptors (Lipinski definition) is 10. The Kier molecular flexibility index (Phi) is 10.6. The van der Waals surface area contributed by atoms with Crippen LogP contribution < -0.4 is 15.7 Å². The van der Waals surface area contributed by atoms with Crippen molar-refractivity contribution in [1.82, 2.24) is 29.3 Å². The fourth-order valence-corrected chi connectivity index (χ4v) is 5.05. The molecular weight excluding hydrogens is 672 g/mol. The highest BCUT2D eigenvalue weighted by Gasteiger charge is 2.23. The third-order valence-corrected chi connectivity index (χ3v) is 7.42. The molecule has 2 amide bonds. The summed E-state index contributed by atoms with van der Waals surface area (Å²) in [5.41, 5.74) is 1.56. The fourth-order valence-electron chi connectivity index (χ4n) is 5.05. The molecule has 0 saturated heterocycles. The van der Waals surface area contributed by atoms with Crippen molar-refractivity contribution >= 4 is 23.9 Å². The SMILES string of the molecule is CC(C)(C)OC(=O)NCCCN(Cc1ccc(-c2cn3cc(-c4ccc(C(=O)On5c(O)ccc5O)cc4)nc3[nH]c2=O)cc1)C(=O)OC(C)(C)C. The normalized spacial score (nSPS) is 11.7. The monoisotopic (exact) mass is 714 g/mol. The molecule has 2 aromatic carbocycles. The van der Waals surface area contributed by atoms with Gasteiger partial charge in [0.2, 0.25) is 17.5 Å². The minimum atomic E-state index is -0.798. The summed E-state index contributed by atoms with van der Waals surface area (Å²) < 4.78 is 13.2. The molecule has 0 fully saturated rings. The molecular formula is C37H42N6O9. The molecule has 0 bridgehead atoms. The van der Waals surface area contributed by atoms with Gasteiger partial charge < -0.3 is 34.7 Å². The predicted octanol–water partition coefficient (Wildman–Crippen LogP) is 5.49. The average Bonchev–Trinajstić information content (AvgIpc) is 3.62. The van der Waals surface area contributed by atoms with E-state index >= 15 is 0 Å². The molecule has 0 aliphatic heterocycles. The van der Waals surface area contributed by atoms with Crippen LogP contribution in [0.25, 0.3) is 28.2 Å². The number of H-pyrrole nitrogens is 1. The second kappa shape index (κ2) is 14.9. The summed E-state index contributed by atoms with van der Waals surface area (Å²) in [6, 6.07) is 16.0. The van der Waals surface area contributed by atoms with Crippen LogP contribution in [0.2, 0.25) is 0 Å². The lowest BCUT2D eigenvalue weighted by Gasteiger charge is -2.27. The minimum absolute atomic E-state index is 0.170. The lowest BCUT2D eigenvalue weighted by molar-refractivity contribution is 0.0231. The number of aromatic amines is 1. The molecule has 0 atom stereocenters. The van der Waals surface area contributed by atoms with Crippen molar-refractivity contribution in [2.45, 2.75) is 65.7 Å². The lowest BCUT2D eigenvalue weighted by Crippen LogP contribution is -2.38. The number of benzene rings is 2. The first-order valence-corrected chi connectivity index (χ1v) is 16.5. The molecule has 5 aromatic rings. The van der Waals surface area contributed by atoms with E-state index in [4.69, 9.17) is 14.3 Å². The van der Waals surface area contributed by atoms with Gasteiger partial charge >= 0.3 is 18.2 Å². The Hall–Kier alpha value is -6.25. The van der Waals surface area contributed by atoms with E-state index in [9.17, 15) is 29.4 Å². The van der Waals surface area contributed by atoms with Crippen LogP contribution in [0, 0.1) is 0 Å². The zero-order chi connectivity index (χ0) is 37.8. The van der Waals surface area contributed by atoms with Crippen molar-refractivity contribution in [3.8, 4) is 34.1 Å². The Morgan fingerprint density at radius 3 is 2.08 bits per heavy atom. The number of ether oxygens (including phenoxy) is 2. The van der Waals surface area contributed by atoms with Gasteiger partial charge in [-0.3, -0.25) is 14.2 Å². The van der Waals surface area contributed by atoms with Crippen LogP contribution in [0.4, 0.5) is 9.59 Å². The molecule has 0 aliphatic carbocycles. The number of aromatic hydroxyl groups is 2. The first-order valence-electron chi connectivity index (χ1n) is 16.5. The van der Waals surface area contributed by atoms with Crippen LogP contribution >= 0.6 is 0 Å². The number of fused-ring (bicyclic) bond motifs is 1. The van der Waals surface area contributed by atoms with Gasteiger partial charge in [-0.15, -0.1) is 4.73 Å². The van der Waals surface area contributed by atoms with Crippen LogP contribution in [0.15, 0.2) is 77.9 Å². The quantitative estimate of drug-likeness (QED) is 0.135. The van der Waals surface area contributed by atoms with Gasteiger partial charge in [0.05, 0.1) is 16.8 Å². The van der Waals surface area contributed by atoms with Crippen LogP contribution in [0.1, 0.15) is 63.9 Å². The molecule has 15 nitrogen and oxygen atoms in total. The number of nitrogens with one attached hydrogen (secondary N) is 2. The molecule has 3 aromatic heterocycles. The summed E-state index contributed by atoms with van der Waals surface area (Å²) in [5, 5.41) is 22.1. The molecule has 0 radical (unpaired) electrons. The zero-order valence-electron chi connectivity index (χ0n) is 29.8. The largest absolute Gasteiger partial charge is 0.492 e. The zero-order valence-corrected chi connectivity index (χ0v) is 29.8. The van der Waals surface area contributed by atoms with E-state index in [1.165, 1.54) is 24.3 Å². The molecule has 274 valence electrons. The van der Waals surface area contributed by atoms with Gasteiger partial charge in [-0.1, -0.05) is 36.4 Å². The number of carbonyl (C=O) groups is 3. The van der Waals surface area contributed by atoms with E-state index in [1.807, 2.05) is 12.1 Å². The molecule has 0 unspecified atom stereocenters. The van der Waals surface area contributed by atoms with Gasteiger partial charge in [-0.05, 0) is 71.2 Å². The molecule has 0 spiro atoms. The van der Waals surface area contributed by atoms with Gasteiger partial charge in [0.1, 0.15) is 11.2 Å². The third kappa shape index (κ3) is 9.50. The maximum Gasteiger partial charge on any atom is 0.410 e. The Bertz CT molecular complexity index is 2100. The summed E-state index contributed by atoms with van der Waals surface area (Å²) in [6.07, 6.45) is 2.87. The van der Waals surface area contributed by atoms with Crippen molar-refractivity contribution in [1.29, 1.82) is 0 Å². The Balaban J connectivity index is 1.27. The molecule has 0 aliphatic rings. The van der Waals surface area contributed by atoms with Crippen molar-refractivity contribution in [3.63, 3.8) is 0 Å². The lowest BCUT2D eigenvalue weighted by atomic mass is 10.1. The average molecular weight is 715 g/mol. The van der Waals surface area contributed by atoms with Crippen LogP contribution in [-0.2, 0) is 16.0 Å². The van der Waals surface area contributed by atoms with E-state index in [-0.39, 0.29) is 17.7 Å². The van der Waals surface area contributed by atoms with Crippen molar-refractivity contribution in [2.75, 3.05) is 13.1 Å². The molecule has 0 saturated carbocycles. The highest BCUT2D eigenvalue weighted by atomic mass is 16.7. The highest BCUT2D eigenvalue weighted by Crippen LogP contribution is 2.23. The molecule has 15 heteroatoms. The molecule has 52 heavy (non-hydrogen) atoms. The second-order valence-electron chi connectivity index (χ2n) is 14.0. The number of hydrogen-bond donors (Lipinski definition) is 4. The summed E-state index contributed by atoms with van der Waals surface area (Å²) in [4.78, 5) is 64.7. The Morgan fingerprint density at radius 2 is 1.46 bits per heavy atom. The van der Waals surface area contributed by atoms with Gasteiger partial charge in [0.15, 0.2) is 0 Å². The minimum Gasteiger partial charge on any atom is -0.492 e. The second-order valence-corrected chi connectivity index (χ2v) is 14.0. The van der Waals surface area contributed by atoms with E-state index in [0.717, 1.165) is 5.56 Å². The Labute approximate surface area is 299 Å². The van der Waals surface area contributed by atoms with Gasteiger partial charge in [-0.25, -0.2) is 19.4 Å². The summed E-state index contributed by atoms with van der Waals surface area (Å²) >= 11 is 0. The van der Waals surface area contributed by atoms with E-state index in [2.05, 4.69) is 15.3 Å². The van der Waals surface area contributed by atoms with Crippen molar-refractivity contribution < 1.29 is 38.9 Å². The van der Waals surface area contributed by atoms with Gasteiger partial charge in [-0.2, -0.15) is 0 Å². The first-order chi connectivity index (χ1) is 24.5. The molecule has 4 N–H and O–H groups in total. The predicted molar refractivity (Wildman–Crippen MR) is 191 cm³/mol. The van der Waals surface area contributed by atoms with E-state index in [1.54, 1.807) is 87.5 Å². The van der Waals surface area contributed by atoms with Crippen LogP contribution in [0.3, 0.4) is 0 Å². The number of aromatic nitrogens is 4. The van der Waals surface area contributed by atoms with Crippen LogP contribution in [0.5, 0.6) is 11.8 Å². The molecule has 3 heterocycles. The number of amides is 2. The van der Waals surface area contributed by atoms with Gasteiger partial charge in [0.25, 0.3) is 5.56 Å². The number of alkyl carbamates (subject to hydrolysis) is 1. The van der Waals surface area contributed by atoms with E-state index in [0.29, 0.717) is 52.4 Å². The number of imidazole rings is 1. The summed E-state index contributed by atoms with van der Waals surface area (Å²) in [7, 11) is 0. The smallest absolute Gasteiger partial charge is 0.410 e. The first kappa shape index (κ1) is 37.0. The van der Waals surface area contributed by atoms with Crippen LogP contribution in [-0.4, -0.2) is 76.7 Å². The Morgan fingerprint density at radius 1 is 0.846 bits per heavy atom. The maximum atomic E-state index is 13.1. The van der Waals surface area contributed by atoms with Crippen molar-refractivity contribution in [2.24, 2.45) is 0 Å². The number of rotatable bonds is 10. The summed E-state index contributed by atoms with van der Waals surface area (Å²) in [5.74, 6) is -1.34. The van der Waals surface area contributed by atoms with Crippen molar-refractivity contribution in [3.05, 3.63) is 94.5 Å². The number of carbonyl (C=O) groups excluding carboxylic acids is 3. The standard InChI is InChI=1S/C37H42N6O9/c1-36(2,3)50-34(48)38-18-7-19-41(35(49)51-37(4,5)6)20-23-8-10-24(11-9-23)27-21-42-22-28(39-33(42)40-31(27)46)25-12-14-26(15-13-25)32(47)52-43-29(44)16-17-30(43)45/h8-17,21-22,44-45H,7,18-20H2,1-6H3,(H,38,48)(H,39,40,46). The van der Waals surface area contributed by atoms with E-state index < -0.39 is 41.1 Å². The highest BCUT2D eigenvalue weighted by molar-refractivity contribution is 5.90. The topological polar surface area (TPSA) is 190 Å². The third-order valence-electron chi connectivity index (χ3n) is 7.42. The molecule has 5 rings (SSSR count). The maximum absolute atomic E-state index is 13.1.